The van der Waals surface area contributed by atoms with E-state index in [4.69, 9.17) is 0 Å². The quantitative estimate of drug-likeness (QED) is 0.637. The summed E-state index contributed by atoms with van der Waals surface area (Å²) in [6, 6.07) is 12.0. The second-order valence-corrected chi connectivity index (χ2v) is 9.18. The van der Waals surface area contributed by atoms with Gasteiger partial charge in [-0.25, -0.2) is 12.8 Å². The number of carbonyl (C=O) groups is 2. The fourth-order valence-corrected chi connectivity index (χ4v) is 4.19. The third kappa shape index (κ3) is 6.27. The molecule has 1 N–H and O–H groups in total. The normalized spacial score (nSPS) is 12.2. The minimum atomic E-state index is -3.96. The van der Waals surface area contributed by atoms with Crippen molar-refractivity contribution < 1.29 is 22.4 Å². The molecule has 9 heteroatoms. The molecule has 0 aromatic heterocycles. The first-order valence-electron chi connectivity index (χ1n) is 9.87. The number of nitrogens with one attached hydrogen (secondary N) is 1. The van der Waals surface area contributed by atoms with Crippen molar-refractivity contribution >= 4 is 27.5 Å². The number of hydrogen-bond donors (Lipinski definition) is 1. The van der Waals surface area contributed by atoms with Gasteiger partial charge in [-0.1, -0.05) is 48.9 Å². The summed E-state index contributed by atoms with van der Waals surface area (Å²) in [4.78, 5) is 27.1. The van der Waals surface area contributed by atoms with Crippen LogP contribution in [0.3, 0.4) is 0 Å². The Morgan fingerprint density at radius 3 is 2.35 bits per heavy atom. The monoisotopic (exact) mass is 449 g/mol. The second kappa shape index (κ2) is 10.4. The smallest absolute Gasteiger partial charge is 0.244 e. The maximum Gasteiger partial charge on any atom is 0.244 e. The van der Waals surface area contributed by atoms with Crippen LogP contribution in [0.2, 0.25) is 0 Å². The topological polar surface area (TPSA) is 86.8 Å². The highest BCUT2D eigenvalue weighted by Gasteiger charge is 2.32. The van der Waals surface area contributed by atoms with Gasteiger partial charge in [0.1, 0.15) is 18.4 Å². The molecule has 1 atom stereocenters. The molecule has 2 rings (SSSR count). The fraction of sp³-hybridized carbons (Fsp3) is 0.364. The summed E-state index contributed by atoms with van der Waals surface area (Å²) >= 11 is 0. The van der Waals surface area contributed by atoms with Crippen LogP contribution in [0.5, 0.6) is 0 Å². The number of carbonyl (C=O) groups excluding carboxylic acids is 2. The Kier molecular flexibility index (Phi) is 8.15. The van der Waals surface area contributed by atoms with Gasteiger partial charge >= 0.3 is 0 Å². The zero-order valence-corrected chi connectivity index (χ0v) is 18.9. The number of amides is 2. The van der Waals surface area contributed by atoms with Crippen molar-refractivity contribution in [1.29, 1.82) is 0 Å². The van der Waals surface area contributed by atoms with E-state index in [1.165, 1.54) is 30.1 Å². The summed E-state index contributed by atoms with van der Waals surface area (Å²) in [6.07, 6.45) is 1.24. The fourth-order valence-electron chi connectivity index (χ4n) is 3.34. The number of nitrogens with zero attached hydrogens (tertiary/aromatic N) is 2. The van der Waals surface area contributed by atoms with Crippen LogP contribution in [0, 0.1) is 12.7 Å². The molecule has 0 unspecified atom stereocenters. The predicted octanol–water partition coefficient (Wildman–Crippen LogP) is 2.45. The Morgan fingerprint density at radius 1 is 1.13 bits per heavy atom. The van der Waals surface area contributed by atoms with Gasteiger partial charge in [-0.15, -0.1) is 0 Å². The maximum atomic E-state index is 14.3. The lowest BCUT2D eigenvalue weighted by Gasteiger charge is -2.32. The summed E-state index contributed by atoms with van der Waals surface area (Å²) in [5, 5.41) is 2.55. The Hall–Kier alpha value is -2.94. The molecule has 0 radical (unpaired) electrons. The number of halogens is 1. The van der Waals surface area contributed by atoms with Crippen LogP contribution in [-0.4, -0.2) is 51.0 Å². The third-order valence-electron chi connectivity index (χ3n) is 4.87. The summed E-state index contributed by atoms with van der Waals surface area (Å²) in [5.74, 6) is -1.73. The molecular formula is C22H28FN3O4S. The van der Waals surface area contributed by atoms with Crippen LogP contribution in [-0.2, 0) is 26.2 Å². The van der Waals surface area contributed by atoms with E-state index in [1.807, 2.05) is 31.2 Å². The lowest BCUT2D eigenvalue weighted by molar-refractivity contribution is -0.140. The van der Waals surface area contributed by atoms with Crippen LogP contribution in [0.4, 0.5) is 10.1 Å². The molecule has 0 bridgehead atoms. The summed E-state index contributed by atoms with van der Waals surface area (Å²) in [5.41, 5.74) is 1.57. The predicted molar refractivity (Wildman–Crippen MR) is 118 cm³/mol. The van der Waals surface area contributed by atoms with Gasteiger partial charge in [-0.3, -0.25) is 13.9 Å². The standard InChI is InChI=1S/C22H28FN3O4S/c1-5-19(22(28)24-3)25(14-17-10-8-9-16(2)13-17)21(27)15-26(31(4,29)30)20-12-7-6-11-18(20)23/h6-13,19H,5,14-15H2,1-4H3,(H,24,28)/t19-/m0/s1. The van der Waals surface area contributed by atoms with Crippen molar-refractivity contribution in [1.82, 2.24) is 10.2 Å². The third-order valence-corrected chi connectivity index (χ3v) is 5.99. The molecule has 31 heavy (non-hydrogen) atoms. The Bertz CT molecular complexity index is 1040. The minimum absolute atomic E-state index is 0.112. The van der Waals surface area contributed by atoms with Crippen LogP contribution in [0.25, 0.3) is 0 Å². The number of aryl methyl sites for hydroxylation is 1. The average Bonchev–Trinajstić information content (AvgIpc) is 2.71. The Labute approximate surface area is 182 Å². The zero-order valence-electron chi connectivity index (χ0n) is 18.1. The van der Waals surface area contributed by atoms with E-state index < -0.39 is 34.3 Å². The molecule has 0 aliphatic heterocycles. The molecule has 0 saturated carbocycles. The highest BCUT2D eigenvalue weighted by Crippen LogP contribution is 2.22. The molecular weight excluding hydrogens is 421 g/mol. The van der Waals surface area contributed by atoms with Gasteiger partial charge in [0.15, 0.2) is 0 Å². The van der Waals surface area contributed by atoms with Crippen LogP contribution in [0.1, 0.15) is 24.5 Å². The largest absolute Gasteiger partial charge is 0.357 e. The zero-order chi connectivity index (χ0) is 23.2. The van der Waals surface area contributed by atoms with E-state index in [9.17, 15) is 22.4 Å². The molecule has 0 fully saturated rings. The maximum absolute atomic E-state index is 14.3. The van der Waals surface area contributed by atoms with Crippen LogP contribution < -0.4 is 9.62 Å². The molecule has 0 spiro atoms. The van der Waals surface area contributed by atoms with Gasteiger partial charge in [0.25, 0.3) is 0 Å². The number of benzene rings is 2. The lowest BCUT2D eigenvalue weighted by atomic mass is 10.1. The number of rotatable bonds is 9. The van der Waals surface area contributed by atoms with Crippen molar-refractivity contribution in [2.75, 3.05) is 24.2 Å². The van der Waals surface area contributed by atoms with Crippen molar-refractivity contribution in [2.45, 2.75) is 32.9 Å². The SMILES string of the molecule is CC[C@@H](C(=O)NC)N(Cc1cccc(C)c1)C(=O)CN(c1ccccc1F)S(C)(=O)=O. The van der Waals surface area contributed by atoms with Crippen LogP contribution in [0.15, 0.2) is 48.5 Å². The first kappa shape index (κ1) is 24.3. The van der Waals surface area contributed by atoms with E-state index in [2.05, 4.69) is 5.32 Å². The molecule has 2 aromatic carbocycles. The minimum Gasteiger partial charge on any atom is -0.357 e. The summed E-state index contributed by atoms with van der Waals surface area (Å²) in [6.45, 7) is 3.16. The number of likely N-dealkylation sites (N-methyl/N-ethyl adjacent to an activating group) is 1. The van der Waals surface area contributed by atoms with Crippen LogP contribution >= 0.6 is 0 Å². The van der Waals surface area contributed by atoms with Gasteiger partial charge in [0.2, 0.25) is 21.8 Å². The van der Waals surface area contributed by atoms with E-state index in [-0.39, 0.29) is 18.1 Å². The van der Waals surface area contributed by atoms with E-state index in [1.54, 1.807) is 6.92 Å². The van der Waals surface area contributed by atoms with E-state index >= 15 is 0 Å². The highest BCUT2D eigenvalue weighted by molar-refractivity contribution is 7.92. The van der Waals surface area contributed by atoms with E-state index in [0.29, 0.717) is 6.42 Å². The second-order valence-electron chi connectivity index (χ2n) is 7.27. The Morgan fingerprint density at radius 2 is 1.81 bits per heavy atom. The molecule has 0 aliphatic rings. The van der Waals surface area contributed by atoms with Gasteiger partial charge < -0.3 is 10.2 Å². The summed E-state index contributed by atoms with van der Waals surface area (Å²) < 4.78 is 39.8. The van der Waals surface area contributed by atoms with Crippen molar-refractivity contribution in [3.05, 3.63) is 65.5 Å². The Balaban J connectivity index is 2.44. The van der Waals surface area contributed by atoms with Gasteiger partial charge in [-0.05, 0) is 31.0 Å². The van der Waals surface area contributed by atoms with Gasteiger partial charge in [-0.2, -0.15) is 0 Å². The molecule has 0 aliphatic carbocycles. The van der Waals surface area contributed by atoms with Crippen molar-refractivity contribution in [3.63, 3.8) is 0 Å². The van der Waals surface area contributed by atoms with E-state index in [0.717, 1.165) is 27.8 Å². The highest BCUT2D eigenvalue weighted by atomic mass is 32.2. The molecule has 0 heterocycles. The molecule has 168 valence electrons. The summed E-state index contributed by atoms with van der Waals surface area (Å²) in [7, 11) is -2.49. The number of anilines is 1. The number of sulfonamides is 1. The van der Waals surface area contributed by atoms with Crippen molar-refractivity contribution in [3.8, 4) is 0 Å². The molecule has 2 amide bonds. The lowest BCUT2D eigenvalue weighted by Crippen LogP contribution is -2.51. The molecule has 2 aromatic rings. The molecule has 0 saturated heterocycles. The average molecular weight is 450 g/mol. The first-order valence-corrected chi connectivity index (χ1v) is 11.7. The number of para-hydroxylation sites is 1. The van der Waals surface area contributed by atoms with Crippen molar-refractivity contribution in [2.24, 2.45) is 0 Å². The van der Waals surface area contributed by atoms with Gasteiger partial charge in [0, 0.05) is 13.6 Å². The molecule has 7 nitrogen and oxygen atoms in total. The van der Waals surface area contributed by atoms with Gasteiger partial charge in [0.05, 0.1) is 11.9 Å². The number of hydrogen-bond acceptors (Lipinski definition) is 4. The first-order chi connectivity index (χ1) is 14.6.